The summed E-state index contributed by atoms with van der Waals surface area (Å²) in [7, 11) is 3.81. The van der Waals surface area contributed by atoms with Crippen molar-refractivity contribution in [1.29, 1.82) is 0 Å². The largest absolute Gasteiger partial charge is 0.376 e. The van der Waals surface area contributed by atoms with Gasteiger partial charge in [-0.15, -0.1) is 0 Å². The Morgan fingerprint density at radius 2 is 2.11 bits per heavy atom. The minimum Gasteiger partial charge on any atom is -0.376 e. The standard InChI is InChI=1S/C14H26N4O/c1-5-7-12(15-8-6-2)11-18-14(19)9-13(10-16-18)17(3)4/h9-10,12,15H,5-8,11H2,1-4H3. The SMILES string of the molecule is CCCNC(CCC)Cn1ncc(N(C)C)cc1=O. The van der Waals surface area contributed by atoms with Crippen molar-refractivity contribution in [1.82, 2.24) is 15.1 Å². The zero-order valence-corrected chi connectivity index (χ0v) is 12.5. The van der Waals surface area contributed by atoms with Crippen molar-refractivity contribution in [2.75, 3.05) is 25.5 Å². The van der Waals surface area contributed by atoms with Crippen LogP contribution in [0, 0.1) is 0 Å². The molecule has 0 spiro atoms. The smallest absolute Gasteiger partial charge is 0.268 e. The monoisotopic (exact) mass is 266 g/mol. The van der Waals surface area contributed by atoms with E-state index < -0.39 is 0 Å². The van der Waals surface area contributed by atoms with Crippen LogP contribution < -0.4 is 15.8 Å². The third kappa shape index (κ3) is 5.03. The number of nitrogens with one attached hydrogen (secondary N) is 1. The van der Waals surface area contributed by atoms with Crippen LogP contribution in [0.2, 0.25) is 0 Å². The molecule has 1 atom stereocenters. The average molecular weight is 266 g/mol. The molecule has 0 aliphatic heterocycles. The second-order valence-electron chi connectivity index (χ2n) is 5.07. The molecule has 1 heterocycles. The molecule has 5 heteroatoms. The summed E-state index contributed by atoms with van der Waals surface area (Å²) < 4.78 is 1.55. The van der Waals surface area contributed by atoms with Crippen LogP contribution in [0.25, 0.3) is 0 Å². The average Bonchev–Trinajstić information content (AvgIpc) is 2.38. The maximum absolute atomic E-state index is 12.0. The van der Waals surface area contributed by atoms with Crippen LogP contribution in [0.3, 0.4) is 0 Å². The molecular weight excluding hydrogens is 240 g/mol. The Hall–Kier alpha value is -1.36. The van der Waals surface area contributed by atoms with Crippen molar-refractivity contribution >= 4 is 5.69 Å². The Morgan fingerprint density at radius 1 is 1.37 bits per heavy atom. The highest BCUT2D eigenvalue weighted by Gasteiger charge is 2.10. The molecule has 108 valence electrons. The fourth-order valence-corrected chi connectivity index (χ4v) is 1.97. The zero-order chi connectivity index (χ0) is 14.3. The van der Waals surface area contributed by atoms with E-state index in [1.54, 1.807) is 16.9 Å². The minimum absolute atomic E-state index is 0.0365. The van der Waals surface area contributed by atoms with Gasteiger partial charge >= 0.3 is 0 Å². The van der Waals surface area contributed by atoms with E-state index in [1.807, 2.05) is 19.0 Å². The topological polar surface area (TPSA) is 50.2 Å². The van der Waals surface area contributed by atoms with E-state index in [1.165, 1.54) is 0 Å². The number of aromatic nitrogens is 2. The predicted molar refractivity (Wildman–Crippen MR) is 79.8 cm³/mol. The van der Waals surface area contributed by atoms with Gasteiger partial charge in [0.1, 0.15) is 0 Å². The highest BCUT2D eigenvalue weighted by atomic mass is 16.1. The van der Waals surface area contributed by atoms with E-state index in [0.717, 1.165) is 31.5 Å². The lowest BCUT2D eigenvalue weighted by Gasteiger charge is -2.19. The van der Waals surface area contributed by atoms with Crippen LogP contribution >= 0.6 is 0 Å². The van der Waals surface area contributed by atoms with E-state index in [0.29, 0.717) is 12.6 Å². The molecule has 19 heavy (non-hydrogen) atoms. The van der Waals surface area contributed by atoms with Gasteiger partial charge in [-0.2, -0.15) is 5.10 Å². The van der Waals surface area contributed by atoms with Crippen LogP contribution in [-0.2, 0) is 6.54 Å². The number of hydrogen-bond donors (Lipinski definition) is 1. The maximum Gasteiger partial charge on any atom is 0.268 e. The van der Waals surface area contributed by atoms with E-state index >= 15 is 0 Å². The Labute approximate surface area is 115 Å². The fraction of sp³-hybridized carbons (Fsp3) is 0.714. The van der Waals surface area contributed by atoms with Gasteiger partial charge in [0, 0.05) is 26.2 Å². The van der Waals surface area contributed by atoms with E-state index in [9.17, 15) is 4.79 Å². The number of nitrogens with zero attached hydrogens (tertiary/aromatic N) is 3. The van der Waals surface area contributed by atoms with E-state index in [-0.39, 0.29) is 5.56 Å². The molecule has 0 saturated carbocycles. The predicted octanol–water partition coefficient (Wildman–Crippen LogP) is 1.48. The molecule has 1 rings (SSSR count). The van der Waals surface area contributed by atoms with Gasteiger partial charge in [0.25, 0.3) is 5.56 Å². The molecule has 0 aliphatic carbocycles. The molecule has 0 fully saturated rings. The third-order valence-electron chi connectivity index (χ3n) is 3.09. The summed E-state index contributed by atoms with van der Waals surface area (Å²) in [5.74, 6) is 0. The number of rotatable bonds is 8. The first-order valence-corrected chi connectivity index (χ1v) is 7.06. The molecule has 0 radical (unpaired) electrons. The summed E-state index contributed by atoms with van der Waals surface area (Å²) in [5.41, 5.74) is 0.806. The van der Waals surface area contributed by atoms with Gasteiger partial charge in [0.15, 0.2) is 0 Å². The fourth-order valence-electron chi connectivity index (χ4n) is 1.97. The first kappa shape index (κ1) is 15.7. The summed E-state index contributed by atoms with van der Waals surface area (Å²) in [6.45, 7) is 5.92. The molecule has 1 aromatic rings. The van der Waals surface area contributed by atoms with Crippen LogP contribution in [0.5, 0.6) is 0 Å². The quantitative estimate of drug-likeness (QED) is 0.774. The summed E-state index contributed by atoms with van der Waals surface area (Å²) >= 11 is 0. The summed E-state index contributed by atoms with van der Waals surface area (Å²) in [6, 6.07) is 1.95. The molecule has 0 aromatic carbocycles. The van der Waals surface area contributed by atoms with Crippen molar-refractivity contribution in [3.8, 4) is 0 Å². The first-order valence-electron chi connectivity index (χ1n) is 7.06. The molecule has 5 nitrogen and oxygen atoms in total. The van der Waals surface area contributed by atoms with E-state index in [4.69, 9.17) is 0 Å². The lowest BCUT2D eigenvalue weighted by molar-refractivity contribution is 0.392. The van der Waals surface area contributed by atoms with Gasteiger partial charge < -0.3 is 10.2 Å². The van der Waals surface area contributed by atoms with Crippen molar-refractivity contribution < 1.29 is 0 Å². The van der Waals surface area contributed by atoms with Crippen molar-refractivity contribution in [3.05, 3.63) is 22.6 Å². The Bertz CT molecular complexity index is 428. The minimum atomic E-state index is -0.0365. The molecule has 0 saturated heterocycles. The van der Waals surface area contributed by atoms with Gasteiger partial charge in [-0.25, -0.2) is 4.68 Å². The zero-order valence-electron chi connectivity index (χ0n) is 12.5. The van der Waals surface area contributed by atoms with Gasteiger partial charge in [0.2, 0.25) is 0 Å². The van der Waals surface area contributed by atoms with Crippen molar-refractivity contribution in [2.24, 2.45) is 0 Å². The highest BCUT2D eigenvalue weighted by molar-refractivity contribution is 5.40. The van der Waals surface area contributed by atoms with Crippen LogP contribution in [0.15, 0.2) is 17.1 Å². The van der Waals surface area contributed by atoms with Crippen LogP contribution in [-0.4, -0.2) is 36.5 Å². The lowest BCUT2D eigenvalue weighted by Crippen LogP contribution is -2.38. The van der Waals surface area contributed by atoms with Gasteiger partial charge in [-0.05, 0) is 19.4 Å². The first-order chi connectivity index (χ1) is 9.08. The van der Waals surface area contributed by atoms with E-state index in [2.05, 4.69) is 24.3 Å². The lowest BCUT2D eigenvalue weighted by atomic mass is 10.1. The molecule has 0 amide bonds. The Balaban J connectivity index is 2.75. The summed E-state index contributed by atoms with van der Waals surface area (Å²) in [4.78, 5) is 13.9. The number of anilines is 1. The summed E-state index contributed by atoms with van der Waals surface area (Å²) in [6.07, 6.45) is 5.00. The summed E-state index contributed by atoms with van der Waals surface area (Å²) in [5, 5.41) is 7.73. The normalized spacial score (nSPS) is 12.4. The molecule has 1 unspecified atom stereocenters. The molecule has 1 aromatic heterocycles. The molecule has 0 aliphatic rings. The van der Waals surface area contributed by atoms with Crippen molar-refractivity contribution in [3.63, 3.8) is 0 Å². The second-order valence-corrected chi connectivity index (χ2v) is 5.07. The highest BCUT2D eigenvalue weighted by Crippen LogP contribution is 2.04. The second kappa shape index (κ2) is 7.94. The molecule has 1 N–H and O–H groups in total. The van der Waals surface area contributed by atoms with Gasteiger partial charge in [0.05, 0.1) is 18.4 Å². The Morgan fingerprint density at radius 3 is 2.63 bits per heavy atom. The maximum atomic E-state index is 12.0. The molecular formula is C14H26N4O. The van der Waals surface area contributed by atoms with Crippen LogP contribution in [0.4, 0.5) is 5.69 Å². The van der Waals surface area contributed by atoms with Crippen LogP contribution in [0.1, 0.15) is 33.1 Å². The third-order valence-corrected chi connectivity index (χ3v) is 3.09. The molecule has 0 bridgehead atoms. The van der Waals surface area contributed by atoms with Gasteiger partial charge in [-0.3, -0.25) is 4.79 Å². The van der Waals surface area contributed by atoms with Gasteiger partial charge in [-0.1, -0.05) is 20.3 Å². The number of hydrogen-bond acceptors (Lipinski definition) is 4. The van der Waals surface area contributed by atoms with Crippen molar-refractivity contribution in [2.45, 2.75) is 45.7 Å². The Kier molecular flexibility index (Phi) is 6.56.